The highest BCUT2D eigenvalue weighted by atomic mass is 16.5. The van der Waals surface area contributed by atoms with Crippen LogP contribution in [0.3, 0.4) is 0 Å². The first-order valence-electron chi connectivity index (χ1n) is 6.07. The van der Waals surface area contributed by atoms with E-state index in [0.717, 1.165) is 17.7 Å². The van der Waals surface area contributed by atoms with Crippen molar-refractivity contribution in [2.24, 2.45) is 0 Å². The first kappa shape index (κ1) is 12.7. The number of carbonyl (C=O) groups is 1. The van der Waals surface area contributed by atoms with Crippen LogP contribution >= 0.6 is 0 Å². The number of aliphatic hydroxyl groups excluding tert-OH is 1. The van der Waals surface area contributed by atoms with Gasteiger partial charge in [0.05, 0.1) is 18.7 Å². The SMILES string of the molecule is C[C@@H](CO)NC(=O)NC1COc2ccccc2C1. The molecule has 1 heterocycles. The van der Waals surface area contributed by atoms with Crippen LogP contribution in [0.1, 0.15) is 12.5 Å². The van der Waals surface area contributed by atoms with E-state index in [1.165, 1.54) is 0 Å². The topological polar surface area (TPSA) is 70.6 Å². The summed E-state index contributed by atoms with van der Waals surface area (Å²) in [6.07, 6.45) is 0.761. The van der Waals surface area contributed by atoms with Gasteiger partial charge in [-0.25, -0.2) is 4.79 Å². The molecule has 0 aliphatic carbocycles. The number of para-hydroxylation sites is 1. The molecule has 5 heteroatoms. The summed E-state index contributed by atoms with van der Waals surface area (Å²) in [5.74, 6) is 0.889. The Morgan fingerprint density at radius 1 is 1.56 bits per heavy atom. The van der Waals surface area contributed by atoms with Gasteiger partial charge in [0.2, 0.25) is 0 Å². The van der Waals surface area contributed by atoms with Crippen molar-refractivity contribution in [3.05, 3.63) is 29.8 Å². The quantitative estimate of drug-likeness (QED) is 0.738. The molecule has 1 aromatic carbocycles. The van der Waals surface area contributed by atoms with Gasteiger partial charge in [0.1, 0.15) is 12.4 Å². The maximum atomic E-state index is 11.6. The standard InChI is InChI=1S/C13H18N2O3/c1-9(7-16)14-13(17)15-11-6-10-4-2-3-5-12(10)18-8-11/h2-5,9,11,16H,6-8H2,1H3,(H2,14,15,17)/t9-,11?/m0/s1. The second-order valence-corrected chi connectivity index (χ2v) is 4.52. The zero-order chi connectivity index (χ0) is 13.0. The van der Waals surface area contributed by atoms with E-state index in [0.29, 0.717) is 6.61 Å². The van der Waals surface area contributed by atoms with Crippen molar-refractivity contribution < 1.29 is 14.6 Å². The van der Waals surface area contributed by atoms with Crippen molar-refractivity contribution in [1.82, 2.24) is 10.6 Å². The Morgan fingerprint density at radius 3 is 3.11 bits per heavy atom. The van der Waals surface area contributed by atoms with Gasteiger partial charge in [0, 0.05) is 0 Å². The molecule has 3 N–H and O–H groups in total. The van der Waals surface area contributed by atoms with Gasteiger partial charge in [-0.1, -0.05) is 18.2 Å². The first-order valence-corrected chi connectivity index (χ1v) is 6.07. The fourth-order valence-corrected chi connectivity index (χ4v) is 1.92. The lowest BCUT2D eigenvalue weighted by Gasteiger charge is -2.26. The molecular weight excluding hydrogens is 232 g/mol. The maximum absolute atomic E-state index is 11.6. The molecule has 1 unspecified atom stereocenters. The number of aliphatic hydroxyl groups is 1. The Kier molecular flexibility index (Phi) is 4.04. The highest BCUT2D eigenvalue weighted by Gasteiger charge is 2.21. The lowest BCUT2D eigenvalue weighted by atomic mass is 10.0. The molecule has 0 saturated carbocycles. The molecule has 98 valence electrons. The third-order valence-electron chi connectivity index (χ3n) is 2.87. The normalized spacial score (nSPS) is 19.3. The van der Waals surface area contributed by atoms with Crippen LogP contribution in [0.4, 0.5) is 4.79 Å². The van der Waals surface area contributed by atoms with E-state index >= 15 is 0 Å². The van der Waals surface area contributed by atoms with Crippen LogP contribution in [-0.2, 0) is 6.42 Å². The fraction of sp³-hybridized carbons (Fsp3) is 0.462. The molecule has 2 amide bonds. The van der Waals surface area contributed by atoms with E-state index in [-0.39, 0.29) is 24.7 Å². The van der Waals surface area contributed by atoms with E-state index in [4.69, 9.17) is 9.84 Å². The fourth-order valence-electron chi connectivity index (χ4n) is 1.92. The van der Waals surface area contributed by atoms with Crippen LogP contribution < -0.4 is 15.4 Å². The molecule has 0 fully saturated rings. The minimum atomic E-state index is -0.274. The molecule has 2 atom stereocenters. The van der Waals surface area contributed by atoms with E-state index in [9.17, 15) is 4.79 Å². The molecule has 2 rings (SSSR count). The number of rotatable bonds is 3. The van der Waals surface area contributed by atoms with Gasteiger partial charge in [-0.2, -0.15) is 0 Å². The van der Waals surface area contributed by atoms with Crippen LogP contribution in [0.15, 0.2) is 24.3 Å². The molecule has 0 aromatic heterocycles. The number of amides is 2. The van der Waals surface area contributed by atoms with Gasteiger partial charge in [0.15, 0.2) is 0 Å². The molecular formula is C13H18N2O3. The number of urea groups is 1. The lowest BCUT2D eigenvalue weighted by Crippen LogP contribution is -2.49. The average molecular weight is 250 g/mol. The molecule has 1 aliphatic rings. The molecule has 1 aliphatic heterocycles. The summed E-state index contributed by atoms with van der Waals surface area (Å²) in [6, 6.07) is 7.26. The van der Waals surface area contributed by atoms with Crippen LogP contribution in [0.5, 0.6) is 5.75 Å². The number of carbonyl (C=O) groups excluding carboxylic acids is 1. The summed E-state index contributed by atoms with van der Waals surface area (Å²) in [4.78, 5) is 11.6. The lowest BCUT2D eigenvalue weighted by molar-refractivity contribution is 0.203. The van der Waals surface area contributed by atoms with Gasteiger partial charge in [0.25, 0.3) is 0 Å². The Balaban J connectivity index is 1.88. The van der Waals surface area contributed by atoms with Gasteiger partial charge in [-0.3, -0.25) is 0 Å². The molecule has 0 bridgehead atoms. The number of hydrogen-bond donors (Lipinski definition) is 3. The van der Waals surface area contributed by atoms with Gasteiger partial charge in [-0.15, -0.1) is 0 Å². The average Bonchev–Trinajstić information content (AvgIpc) is 2.38. The summed E-state index contributed by atoms with van der Waals surface area (Å²) >= 11 is 0. The highest BCUT2D eigenvalue weighted by Crippen LogP contribution is 2.23. The Bertz CT molecular complexity index is 422. The van der Waals surface area contributed by atoms with Crippen LogP contribution in [0, 0.1) is 0 Å². The molecule has 1 aromatic rings. The molecule has 0 radical (unpaired) electrons. The van der Waals surface area contributed by atoms with Gasteiger partial charge >= 0.3 is 6.03 Å². The summed E-state index contributed by atoms with van der Waals surface area (Å²) in [7, 11) is 0. The number of fused-ring (bicyclic) bond motifs is 1. The summed E-state index contributed by atoms with van der Waals surface area (Å²) in [6.45, 7) is 2.14. The zero-order valence-corrected chi connectivity index (χ0v) is 10.3. The maximum Gasteiger partial charge on any atom is 0.315 e. The van der Waals surface area contributed by atoms with Crippen LogP contribution in [0.2, 0.25) is 0 Å². The first-order chi connectivity index (χ1) is 8.69. The van der Waals surface area contributed by atoms with E-state index in [2.05, 4.69) is 10.6 Å². The summed E-state index contributed by atoms with van der Waals surface area (Å²) < 4.78 is 5.58. The monoisotopic (exact) mass is 250 g/mol. The predicted octanol–water partition coefficient (Wildman–Crippen LogP) is 0.670. The second kappa shape index (κ2) is 5.73. The molecule has 0 saturated heterocycles. The Morgan fingerprint density at radius 2 is 2.33 bits per heavy atom. The summed E-state index contributed by atoms with van der Waals surface area (Å²) in [5.41, 5.74) is 1.10. The third kappa shape index (κ3) is 3.13. The van der Waals surface area contributed by atoms with E-state index in [1.807, 2.05) is 24.3 Å². The van der Waals surface area contributed by atoms with Crippen molar-refractivity contribution >= 4 is 6.03 Å². The third-order valence-corrected chi connectivity index (χ3v) is 2.87. The van der Waals surface area contributed by atoms with E-state index < -0.39 is 0 Å². The molecule has 0 spiro atoms. The van der Waals surface area contributed by atoms with Crippen molar-refractivity contribution in [2.45, 2.75) is 25.4 Å². The number of hydrogen-bond acceptors (Lipinski definition) is 3. The minimum Gasteiger partial charge on any atom is -0.491 e. The van der Waals surface area contributed by atoms with Crippen molar-refractivity contribution in [2.75, 3.05) is 13.2 Å². The summed E-state index contributed by atoms with van der Waals surface area (Å²) in [5, 5.41) is 14.3. The second-order valence-electron chi connectivity index (χ2n) is 4.52. The Labute approximate surface area is 106 Å². The van der Waals surface area contributed by atoms with E-state index in [1.54, 1.807) is 6.92 Å². The number of ether oxygens (including phenoxy) is 1. The van der Waals surface area contributed by atoms with Crippen molar-refractivity contribution in [3.63, 3.8) is 0 Å². The predicted molar refractivity (Wildman–Crippen MR) is 67.6 cm³/mol. The Hall–Kier alpha value is -1.75. The minimum absolute atomic E-state index is 0.0363. The van der Waals surface area contributed by atoms with Crippen molar-refractivity contribution in [3.8, 4) is 5.75 Å². The van der Waals surface area contributed by atoms with Crippen molar-refractivity contribution in [1.29, 1.82) is 0 Å². The number of nitrogens with one attached hydrogen (secondary N) is 2. The number of benzene rings is 1. The zero-order valence-electron chi connectivity index (χ0n) is 10.3. The molecule has 18 heavy (non-hydrogen) atoms. The smallest absolute Gasteiger partial charge is 0.315 e. The molecule has 5 nitrogen and oxygen atoms in total. The van der Waals surface area contributed by atoms with Gasteiger partial charge < -0.3 is 20.5 Å². The highest BCUT2D eigenvalue weighted by molar-refractivity contribution is 5.74. The van der Waals surface area contributed by atoms with Crippen LogP contribution in [-0.4, -0.2) is 36.4 Å². The largest absolute Gasteiger partial charge is 0.491 e. The van der Waals surface area contributed by atoms with Gasteiger partial charge in [-0.05, 0) is 25.0 Å². The van der Waals surface area contributed by atoms with Crippen LogP contribution in [0.25, 0.3) is 0 Å².